The molecular weight excluding hydrogens is 290 g/mol. The van der Waals surface area contributed by atoms with Crippen molar-refractivity contribution in [1.82, 2.24) is 15.5 Å². The van der Waals surface area contributed by atoms with Gasteiger partial charge in [0.25, 0.3) is 0 Å². The minimum Gasteiger partial charge on any atom is -0.387 e. The summed E-state index contributed by atoms with van der Waals surface area (Å²) < 4.78 is 0. The number of amides is 1. The summed E-state index contributed by atoms with van der Waals surface area (Å²) in [5.41, 5.74) is 3.19. The molecule has 6 heteroatoms. The smallest absolute Gasteiger partial charge is 0.224 e. The van der Waals surface area contributed by atoms with Crippen molar-refractivity contribution in [2.75, 3.05) is 6.54 Å². The molecule has 0 radical (unpaired) electrons. The van der Waals surface area contributed by atoms with Gasteiger partial charge in [-0.2, -0.15) is 5.10 Å². The van der Waals surface area contributed by atoms with Crippen molar-refractivity contribution >= 4 is 17.5 Å². The highest BCUT2D eigenvalue weighted by Crippen LogP contribution is 2.21. The highest BCUT2D eigenvalue weighted by Gasteiger charge is 2.14. The first-order valence-electron chi connectivity index (χ1n) is 6.68. The molecule has 0 aliphatic rings. The number of hydrogen-bond donors (Lipinski definition) is 3. The molecule has 3 N–H and O–H groups in total. The fourth-order valence-corrected chi connectivity index (χ4v) is 2.39. The summed E-state index contributed by atoms with van der Waals surface area (Å²) in [6.07, 6.45) is -0.585. The Labute approximate surface area is 128 Å². The van der Waals surface area contributed by atoms with Gasteiger partial charge in [-0.3, -0.25) is 9.89 Å². The van der Waals surface area contributed by atoms with E-state index in [2.05, 4.69) is 15.5 Å². The van der Waals surface area contributed by atoms with Crippen LogP contribution in [0.4, 0.5) is 0 Å². The van der Waals surface area contributed by atoms with E-state index in [0.717, 1.165) is 17.0 Å². The lowest BCUT2D eigenvalue weighted by atomic mass is 10.1. The first kappa shape index (κ1) is 15.5. The molecule has 0 fully saturated rings. The number of aliphatic hydroxyl groups excluding tert-OH is 1. The molecular formula is C15H18ClN3O2. The summed E-state index contributed by atoms with van der Waals surface area (Å²) in [7, 11) is 0. The van der Waals surface area contributed by atoms with Crippen LogP contribution in [-0.4, -0.2) is 27.8 Å². The number of carbonyl (C=O) groups is 1. The molecule has 2 aromatic rings. The van der Waals surface area contributed by atoms with E-state index in [0.29, 0.717) is 10.6 Å². The van der Waals surface area contributed by atoms with E-state index in [1.54, 1.807) is 24.3 Å². The Morgan fingerprint density at radius 2 is 2.14 bits per heavy atom. The molecule has 21 heavy (non-hydrogen) atoms. The Morgan fingerprint density at radius 1 is 1.43 bits per heavy atom. The van der Waals surface area contributed by atoms with Gasteiger partial charge in [-0.25, -0.2) is 0 Å². The van der Waals surface area contributed by atoms with Crippen LogP contribution in [0.1, 0.15) is 28.6 Å². The quantitative estimate of drug-likeness (QED) is 0.791. The average Bonchev–Trinajstić information content (AvgIpc) is 2.77. The third-order valence-electron chi connectivity index (χ3n) is 3.37. The van der Waals surface area contributed by atoms with Crippen LogP contribution in [0.15, 0.2) is 24.3 Å². The normalized spacial score (nSPS) is 12.2. The van der Waals surface area contributed by atoms with Crippen LogP contribution in [0.3, 0.4) is 0 Å². The number of benzene rings is 1. The maximum atomic E-state index is 11.9. The lowest BCUT2D eigenvalue weighted by Crippen LogP contribution is -2.30. The summed E-state index contributed by atoms with van der Waals surface area (Å²) in [5.74, 6) is -0.159. The van der Waals surface area contributed by atoms with Gasteiger partial charge in [0.1, 0.15) is 0 Å². The van der Waals surface area contributed by atoms with Crippen molar-refractivity contribution in [3.8, 4) is 0 Å². The van der Waals surface area contributed by atoms with Gasteiger partial charge >= 0.3 is 0 Å². The first-order chi connectivity index (χ1) is 9.99. The third kappa shape index (κ3) is 3.83. The monoisotopic (exact) mass is 307 g/mol. The Balaban J connectivity index is 1.91. The number of nitrogens with zero attached hydrogens (tertiary/aromatic N) is 1. The largest absolute Gasteiger partial charge is 0.387 e. The SMILES string of the molecule is Cc1n[nH]c(C)c1CC(=O)NC[C@@H](O)c1ccccc1Cl. The molecule has 0 saturated heterocycles. The van der Waals surface area contributed by atoms with Gasteiger partial charge in [0.15, 0.2) is 0 Å². The van der Waals surface area contributed by atoms with Crippen molar-refractivity contribution in [3.05, 3.63) is 51.8 Å². The van der Waals surface area contributed by atoms with Crippen molar-refractivity contribution in [1.29, 1.82) is 0 Å². The van der Waals surface area contributed by atoms with Crippen LogP contribution in [0, 0.1) is 13.8 Å². The first-order valence-corrected chi connectivity index (χ1v) is 7.06. The fraction of sp³-hybridized carbons (Fsp3) is 0.333. The number of halogens is 1. The molecule has 5 nitrogen and oxygen atoms in total. The second kappa shape index (κ2) is 6.74. The molecule has 1 atom stereocenters. The molecule has 2 rings (SSSR count). The maximum Gasteiger partial charge on any atom is 0.224 e. The lowest BCUT2D eigenvalue weighted by Gasteiger charge is -2.13. The van der Waals surface area contributed by atoms with Crippen molar-refractivity contribution in [3.63, 3.8) is 0 Å². The van der Waals surface area contributed by atoms with Gasteiger partial charge in [0.2, 0.25) is 5.91 Å². The van der Waals surface area contributed by atoms with E-state index in [4.69, 9.17) is 11.6 Å². The van der Waals surface area contributed by atoms with Crippen LogP contribution in [-0.2, 0) is 11.2 Å². The van der Waals surface area contributed by atoms with E-state index in [1.165, 1.54) is 0 Å². The van der Waals surface area contributed by atoms with Gasteiger partial charge in [0, 0.05) is 28.4 Å². The van der Waals surface area contributed by atoms with Crippen LogP contribution < -0.4 is 5.32 Å². The van der Waals surface area contributed by atoms with Crippen LogP contribution in [0.25, 0.3) is 0 Å². The summed E-state index contributed by atoms with van der Waals surface area (Å²) in [4.78, 5) is 11.9. The number of H-pyrrole nitrogens is 1. The summed E-state index contributed by atoms with van der Waals surface area (Å²) in [6.45, 7) is 3.85. The maximum absolute atomic E-state index is 11.9. The number of aliphatic hydroxyl groups is 1. The van der Waals surface area contributed by atoms with Crippen LogP contribution in [0.2, 0.25) is 5.02 Å². The van der Waals surface area contributed by atoms with E-state index < -0.39 is 6.10 Å². The highest BCUT2D eigenvalue weighted by molar-refractivity contribution is 6.31. The topological polar surface area (TPSA) is 78.0 Å². The second-order valence-electron chi connectivity index (χ2n) is 4.93. The van der Waals surface area contributed by atoms with Gasteiger partial charge in [-0.15, -0.1) is 0 Å². The van der Waals surface area contributed by atoms with Crippen molar-refractivity contribution in [2.45, 2.75) is 26.4 Å². The van der Waals surface area contributed by atoms with Crippen molar-refractivity contribution in [2.24, 2.45) is 0 Å². The molecule has 0 saturated carbocycles. The highest BCUT2D eigenvalue weighted by atomic mass is 35.5. The Hall–Kier alpha value is -1.85. The minimum absolute atomic E-state index is 0.124. The number of hydrogen-bond acceptors (Lipinski definition) is 3. The molecule has 0 aliphatic carbocycles. The molecule has 0 aliphatic heterocycles. The Bertz CT molecular complexity index is 620. The van der Waals surface area contributed by atoms with Gasteiger partial charge < -0.3 is 10.4 Å². The number of carbonyl (C=O) groups excluding carboxylic acids is 1. The second-order valence-corrected chi connectivity index (χ2v) is 5.34. The number of aromatic amines is 1. The summed E-state index contributed by atoms with van der Waals surface area (Å²) in [5, 5.41) is 20.2. The van der Waals surface area contributed by atoms with Gasteiger partial charge in [-0.05, 0) is 19.9 Å². The molecule has 0 unspecified atom stereocenters. The summed E-state index contributed by atoms with van der Waals surface area (Å²) in [6, 6.07) is 7.04. The predicted molar refractivity (Wildman–Crippen MR) is 81.2 cm³/mol. The zero-order chi connectivity index (χ0) is 15.4. The molecule has 1 amide bonds. The molecule has 1 heterocycles. The average molecular weight is 308 g/mol. The minimum atomic E-state index is -0.825. The molecule has 0 bridgehead atoms. The molecule has 0 spiro atoms. The van der Waals surface area contributed by atoms with Crippen molar-refractivity contribution < 1.29 is 9.90 Å². The van der Waals surface area contributed by atoms with E-state index in [9.17, 15) is 9.90 Å². The molecule has 1 aromatic carbocycles. The Morgan fingerprint density at radius 3 is 2.76 bits per heavy atom. The molecule has 112 valence electrons. The van der Waals surface area contributed by atoms with Crippen LogP contribution in [0.5, 0.6) is 0 Å². The number of aryl methyl sites for hydroxylation is 2. The Kier molecular flexibility index (Phi) is 4.98. The van der Waals surface area contributed by atoms with E-state index >= 15 is 0 Å². The third-order valence-corrected chi connectivity index (χ3v) is 3.72. The zero-order valence-corrected chi connectivity index (χ0v) is 12.7. The number of rotatable bonds is 5. The molecule has 1 aromatic heterocycles. The zero-order valence-electron chi connectivity index (χ0n) is 12.0. The predicted octanol–water partition coefficient (Wildman–Crippen LogP) is 2.07. The van der Waals surface area contributed by atoms with E-state index in [-0.39, 0.29) is 18.9 Å². The number of nitrogens with one attached hydrogen (secondary N) is 2. The summed E-state index contributed by atoms with van der Waals surface area (Å²) >= 11 is 6.01. The number of aromatic nitrogens is 2. The standard InChI is InChI=1S/C15H18ClN3O2/c1-9-12(10(2)19-18-9)7-15(21)17-8-14(20)11-5-3-4-6-13(11)16/h3-6,14,20H,7-8H2,1-2H3,(H,17,21)(H,18,19)/t14-/m1/s1. The van der Waals surface area contributed by atoms with Crippen LogP contribution >= 0.6 is 11.6 Å². The van der Waals surface area contributed by atoms with Gasteiger partial charge in [-0.1, -0.05) is 29.8 Å². The lowest BCUT2D eigenvalue weighted by molar-refractivity contribution is -0.120. The van der Waals surface area contributed by atoms with Gasteiger partial charge in [0.05, 0.1) is 18.2 Å². The fourth-order valence-electron chi connectivity index (χ4n) is 2.12. The van der Waals surface area contributed by atoms with E-state index in [1.807, 2.05) is 13.8 Å².